The highest BCUT2D eigenvalue weighted by Gasteiger charge is 2.24. The van der Waals surface area contributed by atoms with Gasteiger partial charge in [-0.15, -0.1) is 0 Å². The molecule has 158 valence electrons. The van der Waals surface area contributed by atoms with Gasteiger partial charge in [-0.25, -0.2) is 14.4 Å². The quantitative estimate of drug-likeness (QED) is 0.307. The van der Waals surface area contributed by atoms with E-state index in [0.717, 1.165) is 0 Å². The largest absolute Gasteiger partial charge is 0.481 e. The van der Waals surface area contributed by atoms with E-state index in [2.05, 4.69) is 10.6 Å². The number of ether oxygens (including phenoxy) is 1. The lowest BCUT2D eigenvalue weighted by molar-refractivity contribution is -0.143. The van der Waals surface area contributed by atoms with Crippen LogP contribution in [-0.4, -0.2) is 57.3 Å². The van der Waals surface area contributed by atoms with Crippen molar-refractivity contribution in [3.63, 3.8) is 0 Å². The first-order chi connectivity index (χ1) is 13.7. The van der Waals surface area contributed by atoms with Crippen LogP contribution in [0.15, 0.2) is 30.3 Å². The second kappa shape index (κ2) is 12.0. The van der Waals surface area contributed by atoms with Crippen LogP contribution in [0, 0.1) is 0 Å². The standard InChI is InChI=1S/C18H22N2O9/c21-14(19-12(16(24)25)7-9-15(22)23)8-6-13(17(26)27)20-18(28)29-10-11-4-2-1-3-5-11/h1-5,12-13H,6-10H2,(H,19,21)(H,20,28)(H,22,23)(H,24,25)(H,26,27)/t12-,13-/m0/s1/i19+1,20+1. The number of nitrogens with one attached hydrogen (secondary N) is 2. The van der Waals surface area contributed by atoms with Gasteiger partial charge in [0.15, 0.2) is 0 Å². The number of carbonyl (C=O) groups excluding carboxylic acids is 2. The fraction of sp³-hybridized carbons (Fsp3) is 0.389. The lowest BCUT2D eigenvalue weighted by Gasteiger charge is -2.16. The molecule has 1 aromatic rings. The first-order valence-electron chi connectivity index (χ1n) is 8.63. The van der Waals surface area contributed by atoms with Crippen molar-refractivity contribution < 1.29 is 44.0 Å². The number of aliphatic carboxylic acids is 3. The first kappa shape index (κ1) is 23.4. The van der Waals surface area contributed by atoms with Gasteiger partial charge in [0.25, 0.3) is 0 Å². The second-order valence-electron chi connectivity index (χ2n) is 6.03. The Balaban J connectivity index is 2.48. The van der Waals surface area contributed by atoms with Gasteiger partial charge in [-0.2, -0.15) is 0 Å². The Hall–Kier alpha value is -3.63. The van der Waals surface area contributed by atoms with Gasteiger partial charge in [0, 0.05) is 12.8 Å². The predicted octanol–water partition coefficient (Wildman–Crippen LogP) is 0.580. The molecule has 11 heteroatoms. The van der Waals surface area contributed by atoms with Crippen LogP contribution < -0.4 is 10.6 Å². The van der Waals surface area contributed by atoms with Crippen LogP contribution in [0.3, 0.4) is 0 Å². The maximum Gasteiger partial charge on any atom is 0.408 e. The number of benzene rings is 1. The van der Waals surface area contributed by atoms with Crippen LogP contribution in [0.1, 0.15) is 31.2 Å². The molecule has 0 aliphatic carbocycles. The molecule has 0 saturated carbocycles. The molecule has 1 aromatic carbocycles. The lowest BCUT2D eigenvalue weighted by atomic mass is 10.1. The highest BCUT2D eigenvalue weighted by Crippen LogP contribution is 2.04. The molecule has 2 atom stereocenters. The number of rotatable bonds is 12. The van der Waals surface area contributed by atoms with Gasteiger partial charge < -0.3 is 30.7 Å². The first-order valence-corrected chi connectivity index (χ1v) is 8.63. The Morgan fingerprint density at radius 1 is 0.828 bits per heavy atom. The van der Waals surface area contributed by atoms with E-state index < -0.39 is 54.8 Å². The smallest absolute Gasteiger partial charge is 0.408 e. The summed E-state index contributed by atoms with van der Waals surface area (Å²) in [5.41, 5.74) is 0.704. The zero-order valence-corrected chi connectivity index (χ0v) is 15.4. The third-order valence-electron chi connectivity index (χ3n) is 3.74. The third-order valence-corrected chi connectivity index (χ3v) is 3.74. The molecule has 0 saturated heterocycles. The summed E-state index contributed by atoms with van der Waals surface area (Å²) < 4.78 is 4.92. The van der Waals surface area contributed by atoms with E-state index in [4.69, 9.17) is 14.9 Å². The molecule has 0 radical (unpaired) electrons. The van der Waals surface area contributed by atoms with Crippen molar-refractivity contribution in [1.29, 1.82) is 0 Å². The Bertz CT molecular complexity index is 736. The van der Waals surface area contributed by atoms with Crippen molar-refractivity contribution in [2.75, 3.05) is 0 Å². The monoisotopic (exact) mass is 412 g/mol. The zero-order valence-electron chi connectivity index (χ0n) is 15.4. The number of alkyl carbamates (subject to hydrolysis) is 1. The van der Waals surface area contributed by atoms with Gasteiger partial charge in [0.05, 0.1) is 0 Å². The van der Waals surface area contributed by atoms with Crippen molar-refractivity contribution >= 4 is 29.9 Å². The third kappa shape index (κ3) is 9.75. The number of carboxylic acids is 3. The molecule has 0 aliphatic rings. The molecule has 1 rings (SSSR count). The summed E-state index contributed by atoms with van der Waals surface area (Å²) >= 11 is 0. The van der Waals surface area contributed by atoms with Crippen LogP contribution in [-0.2, 0) is 30.5 Å². The Morgan fingerprint density at radius 2 is 1.38 bits per heavy atom. The maximum absolute atomic E-state index is 11.9. The molecule has 5 N–H and O–H groups in total. The minimum absolute atomic E-state index is 0.0661. The van der Waals surface area contributed by atoms with Crippen molar-refractivity contribution in [2.24, 2.45) is 0 Å². The van der Waals surface area contributed by atoms with Gasteiger partial charge in [-0.3, -0.25) is 9.59 Å². The predicted molar refractivity (Wildman–Crippen MR) is 96.9 cm³/mol. The van der Waals surface area contributed by atoms with E-state index in [1.807, 2.05) is 0 Å². The molecule has 29 heavy (non-hydrogen) atoms. The van der Waals surface area contributed by atoms with E-state index in [0.29, 0.717) is 5.56 Å². The summed E-state index contributed by atoms with van der Waals surface area (Å²) in [5.74, 6) is -4.80. The van der Waals surface area contributed by atoms with Crippen LogP contribution in [0.5, 0.6) is 0 Å². The normalized spacial score (nSPS) is 12.3. The molecule has 0 spiro atoms. The molecule has 0 aliphatic heterocycles. The SMILES string of the molecule is O=C(O)CC[C@H]([15NH]C(=O)CC[C@H]([15NH]C(=O)OCc1ccccc1)C(=O)O)C(=O)O. The lowest BCUT2D eigenvalue weighted by Crippen LogP contribution is -2.44. The fourth-order valence-corrected chi connectivity index (χ4v) is 2.23. The number of carboxylic acid groups (broad SMARTS) is 3. The number of carbonyl (C=O) groups is 5. The van der Waals surface area contributed by atoms with Crippen LogP contribution in [0.4, 0.5) is 4.79 Å². The fourth-order valence-electron chi connectivity index (χ4n) is 2.23. The Kier molecular flexibility index (Phi) is 9.65. The molecule has 2 amide bonds. The minimum atomic E-state index is -1.42. The molecule has 0 bridgehead atoms. The van der Waals surface area contributed by atoms with Gasteiger partial charge in [0.1, 0.15) is 18.7 Å². The van der Waals surface area contributed by atoms with E-state index in [-0.39, 0.29) is 19.4 Å². The van der Waals surface area contributed by atoms with E-state index in [1.165, 1.54) is 0 Å². The van der Waals surface area contributed by atoms with E-state index in [9.17, 15) is 29.1 Å². The Morgan fingerprint density at radius 3 is 1.93 bits per heavy atom. The van der Waals surface area contributed by atoms with Gasteiger partial charge in [-0.05, 0) is 18.4 Å². The summed E-state index contributed by atoms with van der Waals surface area (Å²) in [6.45, 7) is -0.0661. The minimum Gasteiger partial charge on any atom is -0.481 e. The number of amides is 2. The molecular weight excluding hydrogens is 390 g/mol. The van der Waals surface area contributed by atoms with Crippen molar-refractivity contribution in [3.05, 3.63) is 35.9 Å². The highest BCUT2D eigenvalue weighted by molar-refractivity contribution is 5.85. The summed E-state index contributed by atoms with van der Waals surface area (Å²) in [4.78, 5) is 56.5. The van der Waals surface area contributed by atoms with Crippen LogP contribution in [0.25, 0.3) is 0 Å². The van der Waals surface area contributed by atoms with Crippen LogP contribution in [0.2, 0.25) is 0 Å². The highest BCUT2D eigenvalue weighted by atomic mass is 16.6. The molecule has 0 heterocycles. The van der Waals surface area contributed by atoms with E-state index >= 15 is 0 Å². The van der Waals surface area contributed by atoms with Crippen molar-refractivity contribution in [2.45, 2.75) is 44.4 Å². The van der Waals surface area contributed by atoms with Gasteiger partial charge in [-0.1, -0.05) is 30.3 Å². The molecule has 0 fully saturated rings. The summed E-state index contributed by atoms with van der Waals surface area (Å²) in [5, 5.41) is 31.0. The summed E-state index contributed by atoms with van der Waals surface area (Å²) in [6, 6.07) is 5.88. The molecule has 0 unspecified atom stereocenters. The molecular formula is C18H22N2O9. The van der Waals surface area contributed by atoms with Gasteiger partial charge in [0.2, 0.25) is 5.91 Å². The summed E-state index contributed by atoms with van der Waals surface area (Å²) in [7, 11) is 0. The van der Waals surface area contributed by atoms with E-state index in [1.54, 1.807) is 30.3 Å². The van der Waals surface area contributed by atoms with Crippen molar-refractivity contribution in [1.82, 2.24) is 10.6 Å². The maximum atomic E-state index is 11.9. The average molecular weight is 412 g/mol. The summed E-state index contributed by atoms with van der Waals surface area (Å²) in [6.07, 6.45) is -2.46. The average Bonchev–Trinajstić information content (AvgIpc) is 2.66. The van der Waals surface area contributed by atoms with Gasteiger partial charge >= 0.3 is 24.0 Å². The number of hydrogen-bond donors (Lipinski definition) is 5. The molecule has 11 nitrogen and oxygen atoms in total. The van der Waals surface area contributed by atoms with Crippen LogP contribution >= 0.6 is 0 Å². The molecule has 0 aromatic heterocycles. The Labute approximate surface area is 165 Å². The zero-order chi connectivity index (χ0) is 21.8. The second-order valence-corrected chi connectivity index (χ2v) is 6.03. The topological polar surface area (TPSA) is 179 Å². The van der Waals surface area contributed by atoms with Crippen molar-refractivity contribution in [3.8, 4) is 0 Å². The number of hydrogen-bond acceptors (Lipinski definition) is 6.